The molecule has 1 saturated heterocycles. The minimum absolute atomic E-state index is 0.00945. The second kappa shape index (κ2) is 10.2. The van der Waals surface area contributed by atoms with E-state index in [1.54, 1.807) is 47.4 Å². The Balaban J connectivity index is 1.43. The highest BCUT2D eigenvalue weighted by Gasteiger charge is 2.18. The van der Waals surface area contributed by atoms with E-state index in [9.17, 15) is 14.4 Å². The fourth-order valence-electron chi connectivity index (χ4n) is 2.98. The Labute approximate surface area is 174 Å². The SMILES string of the molecule is Cc1cccc(NC(=O)C(=O)N/N=C\c2ccc(OCC(=O)N3CCCC3)cc2)c1. The van der Waals surface area contributed by atoms with Crippen LogP contribution in [0.15, 0.2) is 53.6 Å². The van der Waals surface area contributed by atoms with Crippen molar-refractivity contribution in [2.75, 3.05) is 25.0 Å². The number of hydrogen-bond acceptors (Lipinski definition) is 5. The first kappa shape index (κ1) is 21.0. The average Bonchev–Trinajstić information content (AvgIpc) is 3.28. The first-order chi connectivity index (χ1) is 14.5. The fourth-order valence-corrected chi connectivity index (χ4v) is 2.98. The van der Waals surface area contributed by atoms with Crippen molar-refractivity contribution in [3.8, 4) is 5.75 Å². The van der Waals surface area contributed by atoms with Crippen molar-refractivity contribution >= 4 is 29.6 Å². The molecular weight excluding hydrogens is 384 g/mol. The Morgan fingerprint density at radius 2 is 1.80 bits per heavy atom. The first-order valence-electron chi connectivity index (χ1n) is 9.73. The third-order valence-corrected chi connectivity index (χ3v) is 4.56. The van der Waals surface area contributed by atoms with E-state index in [1.807, 2.05) is 13.0 Å². The van der Waals surface area contributed by atoms with Crippen molar-refractivity contribution in [3.05, 3.63) is 59.7 Å². The number of nitrogens with zero attached hydrogens (tertiary/aromatic N) is 2. The number of hydrogen-bond donors (Lipinski definition) is 2. The summed E-state index contributed by atoms with van der Waals surface area (Å²) in [5, 5.41) is 6.30. The molecule has 3 amide bonds. The Hall–Kier alpha value is -3.68. The second-order valence-electron chi connectivity index (χ2n) is 6.97. The molecular formula is C22H24N4O4. The van der Waals surface area contributed by atoms with Gasteiger partial charge in [0, 0.05) is 18.8 Å². The van der Waals surface area contributed by atoms with Gasteiger partial charge in [-0.05, 0) is 67.3 Å². The third-order valence-electron chi connectivity index (χ3n) is 4.56. The summed E-state index contributed by atoms with van der Waals surface area (Å²) in [4.78, 5) is 37.5. The lowest BCUT2D eigenvalue weighted by Gasteiger charge is -2.15. The maximum Gasteiger partial charge on any atom is 0.329 e. The van der Waals surface area contributed by atoms with Crippen LogP contribution >= 0.6 is 0 Å². The minimum atomic E-state index is -0.867. The number of hydrazone groups is 1. The largest absolute Gasteiger partial charge is 0.484 e. The molecule has 0 saturated carbocycles. The molecule has 0 radical (unpaired) electrons. The summed E-state index contributed by atoms with van der Waals surface area (Å²) in [5.41, 5.74) is 4.40. The predicted molar refractivity (Wildman–Crippen MR) is 113 cm³/mol. The zero-order chi connectivity index (χ0) is 21.3. The molecule has 0 aromatic heterocycles. The summed E-state index contributed by atoms with van der Waals surface area (Å²) >= 11 is 0. The van der Waals surface area contributed by atoms with Gasteiger partial charge in [-0.15, -0.1) is 0 Å². The van der Waals surface area contributed by atoms with Gasteiger partial charge in [0.15, 0.2) is 6.61 Å². The van der Waals surface area contributed by atoms with Crippen molar-refractivity contribution in [3.63, 3.8) is 0 Å². The smallest absolute Gasteiger partial charge is 0.329 e. The van der Waals surface area contributed by atoms with E-state index in [4.69, 9.17) is 4.74 Å². The molecule has 2 aromatic rings. The molecule has 30 heavy (non-hydrogen) atoms. The molecule has 1 fully saturated rings. The van der Waals surface area contributed by atoms with E-state index in [1.165, 1.54) is 6.21 Å². The van der Waals surface area contributed by atoms with Crippen LogP contribution in [-0.2, 0) is 14.4 Å². The molecule has 0 bridgehead atoms. The number of carbonyl (C=O) groups is 3. The summed E-state index contributed by atoms with van der Waals surface area (Å²) in [6.45, 7) is 3.50. The summed E-state index contributed by atoms with van der Waals surface area (Å²) in [5.74, 6) is -1.11. The number of benzene rings is 2. The summed E-state index contributed by atoms with van der Waals surface area (Å²) in [6.07, 6.45) is 3.50. The maximum absolute atomic E-state index is 12.0. The lowest BCUT2D eigenvalue weighted by atomic mass is 10.2. The van der Waals surface area contributed by atoms with Crippen LogP contribution in [0.5, 0.6) is 5.75 Å². The molecule has 0 aliphatic carbocycles. The molecule has 2 aromatic carbocycles. The number of rotatable bonds is 6. The Morgan fingerprint density at radius 3 is 2.50 bits per heavy atom. The molecule has 0 atom stereocenters. The van der Waals surface area contributed by atoms with Gasteiger partial charge >= 0.3 is 11.8 Å². The highest BCUT2D eigenvalue weighted by Crippen LogP contribution is 2.13. The first-order valence-corrected chi connectivity index (χ1v) is 9.73. The van der Waals surface area contributed by atoms with E-state index in [2.05, 4.69) is 15.8 Å². The van der Waals surface area contributed by atoms with Gasteiger partial charge in [0.2, 0.25) is 0 Å². The van der Waals surface area contributed by atoms with Crippen molar-refractivity contribution in [1.82, 2.24) is 10.3 Å². The number of carbonyl (C=O) groups excluding carboxylic acids is 3. The second-order valence-corrected chi connectivity index (χ2v) is 6.97. The van der Waals surface area contributed by atoms with Crippen LogP contribution in [0.1, 0.15) is 24.0 Å². The average molecular weight is 408 g/mol. The van der Waals surface area contributed by atoms with Gasteiger partial charge in [0.1, 0.15) is 5.75 Å². The van der Waals surface area contributed by atoms with Gasteiger partial charge in [0.25, 0.3) is 5.91 Å². The lowest BCUT2D eigenvalue weighted by Crippen LogP contribution is -2.32. The molecule has 156 valence electrons. The Kier molecular flexibility index (Phi) is 7.15. The van der Waals surface area contributed by atoms with E-state index >= 15 is 0 Å². The topological polar surface area (TPSA) is 100 Å². The number of nitrogens with one attached hydrogen (secondary N) is 2. The highest BCUT2D eigenvalue weighted by molar-refractivity contribution is 6.39. The van der Waals surface area contributed by atoms with Crippen LogP contribution in [0, 0.1) is 6.92 Å². The van der Waals surface area contributed by atoms with Crippen LogP contribution in [-0.4, -0.2) is 48.5 Å². The molecule has 1 aliphatic heterocycles. The molecule has 1 heterocycles. The Bertz CT molecular complexity index is 934. The third kappa shape index (κ3) is 6.16. The standard InChI is InChI=1S/C22H24N4O4/c1-16-5-4-6-18(13-16)24-21(28)22(29)25-23-14-17-7-9-19(10-8-17)30-15-20(27)26-11-2-3-12-26/h4-10,13-14H,2-3,11-12,15H2,1H3,(H,24,28)(H,25,29)/b23-14-. The van der Waals surface area contributed by atoms with E-state index in [-0.39, 0.29) is 12.5 Å². The molecule has 3 rings (SSSR count). The quantitative estimate of drug-likeness (QED) is 0.434. The van der Waals surface area contributed by atoms with Gasteiger partial charge in [0.05, 0.1) is 6.21 Å². The number of anilines is 1. The monoisotopic (exact) mass is 408 g/mol. The van der Waals surface area contributed by atoms with Crippen LogP contribution < -0.4 is 15.5 Å². The van der Waals surface area contributed by atoms with Crippen molar-refractivity contribution in [2.24, 2.45) is 5.10 Å². The van der Waals surface area contributed by atoms with Crippen LogP contribution in [0.2, 0.25) is 0 Å². The number of likely N-dealkylation sites (tertiary alicyclic amines) is 1. The molecule has 8 nitrogen and oxygen atoms in total. The van der Waals surface area contributed by atoms with Crippen LogP contribution in [0.25, 0.3) is 0 Å². The van der Waals surface area contributed by atoms with E-state index < -0.39 is 11.8 Å². The van der Waals surface area contributed by atoms with E-state index in [0.29, 0.717) is 17.0 Å². The van der Waals surface area contributed by atoms with Gasteiger partial charge in [-0.25, -0.2) is 5.43 Å². The minimum Gasteiger partial charge on any atom is -0.484 e. The fraction of sp³-hybridized carbons (Fsp3) is 0.273. The van der Waals surface area contributed by atoms with Crippen LogP contribution in [0.4, 0.5) is 5.69 Å². The number of ether oxygens (including phenoxy) is 1. The van der Waals surface area contributed by atoms with Crippen molar-refractivity contribution in [2.45, 2.75) is 19.8 Å². The summed E-state index contributed by atoms with van der Waals surface area (Å²) < 4.78 is 5.52. The Morgan fingerprint density at radius 1 is 1.07 bits per heavy atom. The van der Waals surface area contributed by atoms with Crippen molar-refractivity contribution < 1.29 is 19.1 Å². The van der Waals surface area contributed by atoms with E-state index in [0.717, 1.165) is 31.5 Å². The van der Waals surface area contributed by atoms with Crippen LogP contribution in [0.3, 0.4) is 0 Å². The summed E-state index contributed by atoms with van der Waals surface area (Å²) in [6, 6.07) is 14.0. The molecule has 0 spiro atoms. The van der Waals surface area contributed by atoms with Gasteiger partial charge in [-0.1, -0.05) is 12.1 Å². The zero-order valence-electron chi connectivity index (χ0n) is 16.8. The molecule has 1 aliphatic rings. The highest BCUT2D eigenvalue weighted by atomic mass is 16.5. The van der Waals surface area contributed by atoms with Gasteiger partial charge < -0.3 is 15.0 Å². The zero-order valence-corrected chi connectivity index (χ0v) is 16.8. The lowest BCUT2D eigenvalue weighted by molar-refractivity contribution is -0.136. The predicted octanol–water partition coefficient (Wildman–Crippen LogP) is 2.09. The normalized spacial score (nSPS) is 13.3. The number of amides is 3. The maximum atomic E-state index is 12.0. The summed E-state index contributed by atoms with van der Waals surface area (Å²) in [7, 11) is 0. The molecule has 8 heteroatoms. The van der Waals surface area contributed by atoms with Gasteiger partial charge in [-0.2, -0.15) is 5.10 Å². The molecule has 2 N–H and O–H groups in total. The van der Waals surface area contributed by atoms with Gasteiger partial charge in [-0.3, -0.25) is 14.4 Å². The molecule has 0 unspecified atom stereocenters. The number of aryl methyl sites for hydroxylation is 1. The van der Waals surface area contributed by atoms with Crippen molar-refractivity contribution in [1.29, 1.82) is 0 Å².